The highest BCUT2D eigenvalue weighted by atomic mass is 16.6. The number of carbonyl (C=O) groups is 6. The highest BCUT2D eigenvalue weighted by molar-refractivity contribution is 6.49. The number of hydrogen-bond acceptors (Lipinski definition) is 8. The summed E-state index contributed by atoms with van der Waals surface area (Å²) in [5.41, 5.74) is -6.60. The van der Waals surface area contributed by atoms with Crippen LogP contribution < -0.4 is 0 Å². The topological polar surface area (TPSA) is 121 Å². The van der Waals surface area contributed by atoms with Gasteiger partial charge in [-0.05, 0) is 25.7 Å². The lowest BCUT2D eigenvalue weighted by Crippen LogP contribution is -2.47. The molecule has 0 saturated heterocycles. The first kappa shape index (κ1) is 22.8. The molecule has 0 heterocycles. The summed E-state index contributed by atoms with van der Waals surface area (Å²) in [6.45, 7) is 9.78. The van der Waals surface area contributed by atoms with E-state index in [2.05, 4.69) is 0 Å². The van der Waals surface area contributed by atoms with Crippen molar-refractivity contribution >= 4 is 35.1 Å². The zero-order chi connectivity index (χ0) is 24.1. The Morgan fingerprint density at radius 2 is 0.906 bits per heavy atom. The van der Waals surface area contributed by atoms with Crippen LogP contribution in [0.2, 0.25) is 0 Å². The van der Waals surface area contributed by atoms with Gasteiger partial charge in [-0.1, -0.05) is 41.5 Å². The lowest BCUT2D eigenvalue weighted by molar-refractivity contribution is -0.173. The third-order valence-corrected chi connectivity index (χ3v) is 10.3. The second kappa shape index (κ2) is 6.14. The summed E-state index contributed by atoms with van der Waals surface area (Å²) < 4.78 is 10.6. The molecule has 0 radical (unpaired) electrons. The minimum absolute atomic E-state index is 0.242. The average Bonchev–Trinajstić information content (AvgIpc) is 3.16. The van der Waals surface area contributed by atoms with Gasteiger partial charge in [0.2, 0.25) is 23.1 Å². The summed E-state index contributed by atoms with van der Waals surface area (Å²) in [5, 5.41) is 0. The van der Waals surface area contributed by atoms with Crippen LogP contribution in [0, 0.1) is 32.5 Å². The van der Waals surface area contributed by atoms with Crippen molar-refractivity contribution in [2.24, 2.45) is 32.5 Å². The summed E-state index contributed by atoms with van der Waals surface area (Å²) in [5.74, 6) is -4.05. The molecule has 4 saturated carbocycles. The largest absolute Gasteiger partial charge is 0.461 e. The molecule has 4 rings (SSSR count). The van der Waals surface area contributed by atoms with Gasteiger partial charge in [-0.2, -0.15) is 0 Å². The zero-order valence-electron chi connectivity index (χ0n) is 19.5. The molecule has 8 nitrogen and oxygen atoms in total. The third-order valence-electron chi connectivity index (χ3n) is 10.3. The number of esters is 2. The highest BCUT2D eigenvalue weighted by Crippen LogP contribution is 2.70. The molecule has 174 valence electrons. The van der Waals surface area contributed by atoms with Crippen LogP contribution in [0.5, 0.6) is 0 Å². The smallest absolute Gasteiger partial charge is 0.320 e. The molecule has 4 aliphatic rings. The van der Waals surface area contributed by atoms with E-state index in [-0.39, 0.29) is 26.1 Å². The minimum atomic E-state index is -1.52. The van der Waals surface area contributed by atoms with E-state index in [1.807, 2.05) is 0 Å². The molecule has 8 heteroatoms. The van der Waals surface area contributed by atoms with Crippen molar-refractivity contribution in [3.05, 3.63) is 0 Å². The van der Waals surface area contributed by atoms with Crippen LogP contribution in [-0.4, -0.2) is 48.3 Å². The molecule has 4 atom stereocenters. The molecule has 4 unspecified atom stereocenters. The molecule has 0 aliphatic heterocycles. The maximum atomic E-state index is 13.0. The van der Waals surface area contributed by atoms with Gasteiger partial charge in [-0.3, -0.25) is 28.8 Å². The molecule has 4 fully saturated rings. The van der Waals surface area contributed by atoms with Gasteiger partial charge in [0, 0.05) is 21.7 Å². The Kier molecular flexibility index (Phi) is 4.38. The summed E-state index contributed by atoms with van der Waals surface area (Å²) in [4.78, 5) is 76.4. The highest BCUT2D eigenvalue weighted by Gasteiger charge is 2.79. The number of rotatable bonds is 5. The van der Waals surface area contributed by atoms with Crippen molar-refractivity contribution in [3.63, 3.8) is 0 Å². The number of carbonyl (C=O) groups excluding carboxylic acids is 6. The maximum absolute atomic E-state index is 13.0. The van der Waals surface area contributed by atoms with E-state index in [4.69, 9.17) is 9.47 Å². The molecule has 0 aromatic heterocycles. The predicted octanol–water partition coefficient (Wildman–Crippen LogP) is 2.00. The Bertz CT molecular complexity index is 925. The lowest BCUT2D eigenvalue weighted by Gasteiger charge is -2.36. The molecule has 0 N–H and O–H groups in total. The van der Waals surface area contributed by atoms with Crippen LogP contribution in [0.1, 0.15) is 67.2 Å². The molecule has 0 aromatic rings. The zero-order valence-corrected chi connectivity index (χ0v) is 19.5. The molecule has 4 bridgehead atoms. The van der Waals surface area contributed by atoms with Crippen LogP contribution in [0.4, 0.5) is 0 Å². The van der Waals surface area contributed by atoms with E-state index in [1.165, 1.54) is 0 Å². The van der Waals surface area contributed by atoms with Crippen LogP contribution in [-0.2, 0) is 38.2 Å². The fraction of sp³-hybridized carbons (Fsp3) is 0.750. The first-order chi connectivity index (χ1) is 14.6. The Balaban J connectivity index is 1.43. The standard InChI is InChI=1S/C24H30O8/c1-19(2)21(5)7-9-23(19,15(27)13(21)25)17(29)31-11-12-32-18(30)24-10-8-22(6,20(24,3)4)14(26)16(24)28/h7-12H2,1-6H3. The number of fused-ring (bicyclic) bond motifs is 4. The molecule has 0 spiro atoms. The molecular formula is C24H30O8. The van der Waals surface area contributed by atoms with E-state index < -0.39 is 67.6 Å². The van der Waals surface area contributed by atoms with Gasteiger partial charge in [0.15, 0.2) is 0 Å². The molecule has 0 amide bonds. The van der Waals surface area contributed by atoms with Crippen molar-refractivity contribution in [1.29, 1.82) is 0 Å². The van der Waals surface area contributed by atoms with Gasteiger partial charge in [-0.25, -0.2) is 0 Å². The van der Waals surface area contributed by atoms with Crippen molar-refractivity contribution in [3.8, 4) is 0 Å². The summed E-state index contributed by atoms with van der Waals surface area (Å²) in [6, 6.07) is 0. The molecular weight excluding hydrogens is 416 g/mol. The van der Waals surface area contributed by atoms with E-state index in [1.54, 1.807) is 41.5 Å². The van der Waals surface area contributed by atoms with Gasteiger partial charge >= 0.3 is 11.9 Å². The van der Waals surface area contributed by atoms with E-state index in [9.17, 15) is 28.8 Å². The number of ketones is 4. The first-order valence-corrected chi connectivity index (χ1v) is 11.1. The Morgan fingerprint density at radius 3 is 1.16 bits per heavy atom. The lowest BCUT2D eigenvalue weighted by atomic mass is 9.65. The Labute approximate surface area is 186 Å². The second-order valence-corrected chi connectivity index (χ2v) is 11.3. The van der Waals surface area contributed by atoms with Crippen LogP contribution >= 0.6 is 0 Å². The molecule has 0 aromatic carbocycles. The molecule has 32 heavy (non-hydrogen) atoms. The maximum Gasteiger partial charge on any atom is 0.320 e. The Morgan fingerprint density at radius 1 is 0.594 bits per heavy atom. The second-order valence-electron chi connectivity index (χ2n) is 11.3. The fourth-order valence-electron chi connectivity index (χ4n) is 6.96. The van der Waals surface area contributed by atoms with Crippen LogP contribution in [0.15, 0.2) is 0 Å². The van der Waals surface area contributed by atoms with Gasteiger partial charge in [-0.15, -0.1) is 0 Å². The third kappa shape index (κ3) is 2.01. The van der Waals surface area contributed by atoms with E-state index in [0.717, 1.165) is 0 Å². The molecule has 4 aliphatic carbocycles. The first-order valence-electron chi connectivity index (χ1n) is 11.1. The van der Waals surface area contributed by atoms with E-state index >= 15 is 0 Å². The van der Waals surface area contributed by atoms with Crippen LogP contribution in [0.25, 0.3) is 0 Å². The van der Waals surface area contributed by atoms with Crippen LogP contribution in [0.3, 0.4) is 0 Å². The monoisotopic (exact) mass is 446 g/mol. The van der Waals surface area contributed by atoms with Gasteiger partial charge in [0.25, 0.3) is 0 Å². The summed E-state index contributed by atoms with van der Waals surface area (Å²) in [6.07, 6.45) is 1.35. The van der Waals surface area contributed by atoms with Crippen molar-refractivity contribution in [2.45, 2.75) is 67.2 Å². The van der Waals surface area contributed by atoms with Gasteiger partial charge in [0.05, 0.1) is 0 Å². The van der Waals surface area contributed by atoms with Gasteiger partial charge < -0.3 is 9.47 Å². The summed E-state index contributed by atoms with van der Waals surface area (Å²) >= 11 is 0. The fourth-order valence-corrected chi connectivity index (χ4v) is 6.96. The van der Waals surface area contributed by atoms with Crippen molar-refractivity contribution in [2.75, 3.05) is 13.2 Å². The SMILES string of the molecule is CC12CCC(C(=O)OCCOC(=O)C34CCC(C)(C(=O)C3=O)C4(C)C)(C(=O)C1=O)C2(C)C. The van der Waals surface area contributed by atoms with Crippen molar-refractivity contribution < 1.29 is 38.2 Å². The quantitative estimate of drug-likeness (QED) is 0.272. The Hall–Kier alpha value is -2.38. The number of Topliss-reactive ketones (excluding diaryl/α,β-unsaturated/α-hetero) is 4. The summed E-state index contributed by atoms with van der Waals surface area (Å²) in [7, 11) is 0. The number of hydrogen-bond donors (Lipinski definition) is 0. The number of ether oxygens (including phenoxy) is 2. The van der Waals surface area contributed by atoms with Crippen molar-refractivity contribution in [1.82, 2.24) is 0 Å². The van der Waals surface area contributed by atoms with E-state index in [0.29, 0.717) is 12.8 Å². The minimum Gasteiger partial charge on any atom is -0.461 e. The predicted molar refractivity (Wildman–Crippen MR) is 109 cm³/mol. The van der Waals surface area contributed by atoms with Gasteiger partial charge in [0.1, 0.15) is 24.0 Å². The average molecular weight is 446 g/mol. The normalized spacial score (nSPS) is 40.8.